The highest BCUT2D eigenvalue weighted by atomic mass is 16.5. The smallest absolute Gasteiger partial charge is 0.270 e. The number of nitrogens with zero attached hydrogens (tertiary/aromatic N) is 6. The van der Waals surface area contributed by atoms with Gasteiger partial charge in [0.1, 0.15) is 11.4 Å². The molecule has 0 atom stereocenters. The minimum absolute atomic E-state index is 0.303. The molecule has 8 heteroatoms. The molecule has 3 aromatic heterocycles. The maximum Gasteiger partial charge on any atom is 0.270 e. The van der Waals surface area contributed by atoms with Crippen molar-refractivity contribution in [3.8, 4) is 34.5 Å². The van der Waals surface area contributed by atoms with Crippen molar-refractivity contribution in [3.63, 3.8) is 0 Å². The second-order valence-corrected chi connectivity index (χ2v) is 5.26. The third kappa shape index (κ3) is 2.63. The largest absolute Gasteiger partial charge is 0.494 e. The third-order valence-corrected chi connectivity index (χ3v) is 3.74. The van der Waals surface area contributed by atoms with Crippen molar-refractivity contribution in [1.29, 1.82) is 0 Å². The van der Waals surface area contributed by atoms with Gasteiger partial charge in [0.2, 0.25) is 5.89 Å². The number of hydrogen-bond donors (Lipinski definition) is 0. The molecule has 25 heavy (non-hydrogen) atoms. The van der Waals surface area contributed by atoms with E-state index < -0.39 is 0 Å². The van der Waals surface area contributed by atoms with Crippen LogP contribution in [0, 0.1) is 6.92 Å². The highest BCUT2D eigenvalue weighted by Gasteiger charge is 2.20. The average molecular weight is 334 g/mol. The van der Waals surface area contributed by atoms with E-state index in [2.05, 4.69) is 25.5 Å². The van der Waals surface area contributed by atoms with Gasteiger partial charge in [0.15, 0.2) is 5.69 Å². The quantitative estimate of drug-likeness (QED) is 0.566. The van der Waals surface area contributed by atoms with E-state index in [9.17, 15) is 0 Å². The highest BCUT2D eigenvalue weighted by Crippen LogP contribution is 2.28. The molecule has 0 saturated heterocycles. The van der Waals surface area contributed by atoms with E-state index in [1.165, 1.54) is 0 Å². The predicted octanol–water partition coefficient (Wildman–Crippen LogP) is 2.70. The van der Waals surface area contributed by atoms with Gasteiger partial charge in [-0.25, -0.2) is 4.68 Å². The molecule has 8 nitrogen and oxygen atoms in total. The molecule has 3 heterocycles. The molecule has 4 rings (SSSR count). The maximum absolute atomic E-state index is 5.73. The maximum atomic E-state index is 5.73. The molecule has 0 fully saturated rings. The summed E-state index contributed by atoms with van der Waals surface area (Å²) in [5.41, 5.74) is 2.82. The second-order valence-electron chi connectivity index (χ2n) is 5.26. The van der Waals surface area contributed by atoms with Crippen LogP contribution in [-0.4, -0.2) is 37.3 Å². The zero-order chi connectivity index (χ0) is 17.2. The van der Waals surface area contributed by atoms with Crippen LogP contribution in [0.2, 0.25) is 0 Å². The van der Waals surface area contributed by atoms with Gasteiger partial charge in [-0.3, -0.25) is 4.98 Å². The Bertz CT molecular complexity index is 1010. The van der Waals surface area contributed by atoms with E-state index in [4.69, 9.17) is 9.15 Å². The van der Waals surface area contributed by atoms with Gasteiger partial charge in [0.05, 0.1) is 18.4 Å². The van der Waals surface area contributed by atoms with Crippen LogP contribution in [0.15, 0.2) is 53.2 Å². The topological polar surface area (TPSA) is 91.8 Å². The van der Waals surface area contributed by atoms with Crippen molar-refractivity contribution >= 4 is 0 Å². The van der Waals surface area contributed by atoms with Crippen molar-refractivity contribution in [1.82, 2.24) is 30.2 Å². The third-order valence-electron chi connectivity index (χ3n) is 3.74. The van der Waals surface area contributed by atoms with Crippen molar-refractivity contribution in [2.24, 2.45) is 0 Å². The van der Waals surface area contributed by atoms with Gasteiger partial charge in [0, 0.05) is 12.4 Å². The standard InChI is InChI=1S/C17H14N6O2/c1-11-15(17-21-20-16(25-17)12-6-5-9-18-10-12)19-22-23(11)13-7-3-4-8-14(13)24-2/h3-10H,1-2H3. The van der Waals surface area contributed by atoms with Gasteiger partial charge >= 0.3 is 0 Å². The summed E-state index contributed by atoms with van der Waals surface area (Å²) in [7, 11) is 1.62. The Labute approximate surface area is 143 Å². The van der Waals surface area contributed by atoms with Crippen LogP contribution in [0.4, 0.5) is 0 Å². The molecular formula is C17H14N6O2. The SMILES string of the molecule is COc1ccccc1-n1nnc(-c2nnc(-c3cccnc3)o2)c1C. The molecule has 4 aromatic rings. The number of benzene rings is 1. The summed E-state index contributed by atoms with van der Waals surface area (Å²) in [5.74, 6) is 1.38. The lowest BCUT2D eigenvalue weighted by molar-refractivity contribution is 0.411. The molecule has 0 N–H and O–H groups in total. The summed E-state index contributed by atoms with van der Waals surface area (Å²) in [4.78, 5) is 4.05. The van der Waals surface area contributed by atoms with Gasteiger partial charge in [-0.2, -0.15) is 0 Å². The Morgan fingerprint density at radius 2 is 1.84 bits per heavy atom. The van der Waals surface area contributed by atoms with E-state index in [0.29, 0.717) is 23.2 Å². The van der Waals surface area contributed by atoms with Gasteiger partial charge in [-0.15, -0.1) is 15.3 Å². The molecule has 0 saturated carbocycles. The fraction of sp³-hybridized carbons (Fsp3) is 0.118. The summed E-state index contributed by atoms with van der Waals surface area (Å²) in [6.07, 6.45) is 3.35. The molecule has 0 bridgehead atoms. The number of aromatic nitrogens is 6. The minimum atomic E-state index is 0.303. The van der Waals surface area contributed by atoms with E-state index in [1.807, 2.05) is 43.3 Å². The Hall–Kier alpha value is -3.55. The summed E-state index contributed by atoms with van der Waals surface area (Å²) in [6.45, 7) is 1.88. The zero-order valence-corrected chi connectivity index (χ0v) is 13.6. The van der Waals surface area contributed by atoms with Gasteiger partial charge in [-0.05, 0) is 31.2 Å². The molecule has 0 aliphatic carbocycles. The number of hydrogen-bond acceptors (Lipinski definition) is 7. The molecule has 0 aliphatic heterocycles. The summed E-state index contributed by atoms with van der Waals surface area (Å²) < 4.78 is 12.8. The molecule has 0 spiro atoms. The Kier molecular flexibility index (Phi) is 3.70. The van der Waals surface area contributed by atoms with Crippen molar-refractivity contribution in [3.05, 3.63) is 54.5 Å². The number of ether oxygens (including phenoxy) is 1. The first-order valence-electron chi connectivity index (χ1n) is 7.58. The summed E-state index contributed by atoms with van der Waals surface area (Å²) >= 11 is 0. The zero-order valence-electron chi connectivity index (χ0n) is 13.6. The molecule has 0 radical (unpaired) electrons. The summed E-state index contributed by atoms with van der Waals surface area (Å²) in [5, 5.41) is 16.5. The first kappa shape index (κ1) is 15.0. The Morgan fingerprint density at radius 3 is 2.64 bits per heavy atom. The average Bonchev–Trinajstić information content (AvgIpc) is 3.29. The van der Waals surface area contributed by atoms with Crippen LogP contribution in [0.25, 0.3) is 28.7 Å². The minimum Gasteiger partial charge on any atom is -0.494 e. The normalized spacial score (nSPS) is 10.8. The lowest BCUT2D eigenvalue weighted by Gasteiger charge is -2.08. The van der Waals surface area contributed by atoms with Crippen LogP contribution < -0.4 is 4.74 Å². The molecule has 1 aromatic carbocycles. The molecule has 0 aliphatic rings. The fourth-order valence-corrected chi connectivity index (χ4v) is 2.49. The van der Waals surface area contributed by atoms with Gasteiger partial charge in [-0.1, -0.05) is 17.3 Å². The first-order valence-corrected chi connectivity index (χ1v) is 7.58. The predicted molar refractivity (Wildman–Crippen MR) is 89.2 cm³/mol. The van der Waals surface area contributed by atoms with Crippen LogP contribution >= 0.6 is 0 Å². The van der Waals surface area contributed by atoms with E-state index in [1.54, 1.807) is 24.2 Å². The van der Waals surface area contributed by atoms with E-state index >= 15 is 0 Å². The monoisotopic (exact) mass is 334 g/mol. The van der Waals surface area contributed by atoms with Crippen LogP contribution in [0.5, 0.6) is 5.75 Å². The Balaban J connectivity index is 1.74. The number of methoxy groups -OCH3 is 1. The van der Waals surface area contributed by atoms with E-state index in [0.717, 1.165) is 16.9 Å². The lowest BCUT2D eigenvalue weighted by Crippen LogP contribution is -2.01. The number of pyridine rings is 1. The van der Waals surface area contributed by atoms with Gasteiger partial charge < -0.3 is 9.15 Å². The van der Waals surface area contributed by atoms with Crippen LogP contribution in [-0.2, 0) is 0 Å². The second kappa shape index (κ2) is 6.16. The molecular weight excluding hydrogens is 320 g/mol. The fourth-order valence-electron chi connectivity index (χ4n) is 2.49. The van der Waals surface area contributed by atoms with Crippen LogP contribution in [0.3, 0.4) is 0 Å². The van der Waals surface area contributed by atoms with Gasteiger partial charge in [0.25, 0.3) is 5.89 Å². The molecule has 124 valence electrons. The summed E-state index contributed by atoms with van der Waals surface area (Å²) in [6, 6.07) is 11.2. The first-order chi connectivity index (χ1) is 12.3. The van der Waals surface area contributed by atoms with Crippen molar-refractivity contribution < 1.29 is 9.15 Å². The van der Waals surface area contributed by atoms with Crippen LogP contribution in [0.1, 0.15) is 5.69 Å². The molecule has 0 unspecified atom stereocenters. The Morgan fingerprint density at radius 1 is 1.00 bits per heavy atom. The molecule has 0 amide bonds. The highest BCUT2D eigenvalue weighted by molar-refractivity contribution is 5.57. The van der Waals surface area contributed by atoms with E-state index in [-0.39, 0.29) is 0 Å². The number of rotatable bonds is 4. The van der Waals surface area contributed by atoms with Crippen molar-refractivity contribution in [2.45, 2.75) is 6.92 Å². The lowest BCUT2D eigenvalue weighted by atomic mass is 10.2. The number of para-hydroxylation sites is 2. The van der Waals surface area contributed by atoms with Crippen molar-refractivity contribution in [2.75, 3.05) is 7.11 Å².